The molecule has 308 valence electrons. The molecule has 10 aromatic rings. The van der Waals surface area contributed by atoms with Crippen LogP contribution in [0.25, 0.3) is 33.4 Å². The molecule has 66 heavy (non-hydrogen) atoms. The third-order valence-corrected chi connectivity index (χ3v) is 16.1. The quantitative estimate of drug-likeness (QED) is 0.171. The zero-order valence-corrected chi connectivity index (χ0v) is 36.4. The van der Waals surface area contributed by atoms with E-state index in [2.05, 4.69) is 229 Å². The summed E-state index contributed by atoms with van der Waals surface area (Å²) in [6.07, 6.45) is 2.74. The van der Waals surface area contributed by atoms with Gasteiger partial charge in [-0.3, -0.25) is 0 Å². The highest BCUT2D eigenvalue weighted by atomic mass is 15.1. The largest absolute Gasteiger partial charge is 0.310 e. The van der Waals surface area contributed by atoms with E-state index in [0.717, 1.165) is 19.3 Å². The Morgan fingerprint density at radius 3 is 1.15 bits per heavy atom. The van der Waals surface area contributed by atoms with Crippen molar-refractivity contribution in [3.05, 3.63) is 302 Å². The SMILES string of the molecule is c1ccc2c(c1)Cc1ccc(N(c3ccc4c(c3)Cc3ccccc3C43c4ccccc4-c4ccccc43)c3ccc4c(c3)C3(c5ccccc5C4)c4ccccc4-c4ccccc43)cc1-2. The lowest BCUT2D eigenvalue weighted by molar-refractivity contribution is 0.721. The van der Waals surface area contributed by atoms with Crippen molar-refractivity contribution in [2.24, 2.45) is 0 Å². The van der Waals surface area contributed by atoms with E-state index in [1.807, 2.05) is 0 Å². The Morgan fingerprint density at radius 2 is 0.576 bits per heavy atom. The second kappa shape index (κ2) is 13.3. The van der Waals surface area contributed by atoms with Crippen molar-refractivity contribution in [2.45, 2.75) is 30.1 Å². The second-order valence-corrected chi connectivity index (χ2v) is 19.0. The average Bonchev–Trinajstić information content (AvgIpc) is 4.00. The Morgan fingerprint density at radius 1 is 0.227 bits per heavy atom. The highest BCUT2D eigenvalue weighted by Gasteiger charge is 2.51. The van der Waals surface area contributed by atoms with Gasteiger partial charge in [0.1, 0.15) is 0 Å². The Hall–Kier alpha value is -8.00. The molecule has 0 saturated carbocycles. The van der Waals surface area contributed by atoms with Crippen molar-refractivity contribution in [1.82, 2.24) is 0 Å². The molecular formula is C65H43N. The monoisotopic (exact) mass is 837 g/mol. The molecule has 0 aromatic heterocycles. The van der Waals surface area contributed by atoms with Crippen LogP contribution in [0.2, 0.25) is 0 Å². The summed E-state index contributed by atoms with van der Waals surface area (Å²) in [4.78, 5) is 2.56. The molecule has 0 fully saturated rings. The normalized spacial score (nSPS) is 15.0. The summed E-state index contributed by atoms with van der Waals surface area (Å²) in [5.74, 6) is 0. The molecule has 0 aliphatic heterocycles. The zero-order valence-electron chi connectivity index (χ0n) is 36.4. The molecule has 5 aliphatic carbocycles. The lowest BCUT2D eigenvalue weighted by Crippen LogP contribution is -2.34. The van der Waals surface area contributed by atoms with Gasteiger partial charge in [0, 0.05) is 17.1 Å². The summed E-state index contributed by atoms with van der Waals surface area (Å²) in [6, 6.07) is 86.0. The van der Waals surface area contributed by atoms with Crippen LogP contribution >= 0.6 is 0 Å². The Bertz CT molecular complexity index is 3630. The minimum absolute atomic E-state index is 0.410. The molecule has 2 spiro atoms. The minimum atomic E-state index is -0.453. The summed E-state index contributed by atoms with van der Waals surface area (Å²) < 4.78 is 0. The number of fused-ring (bicyclic) bond motifs is 21. The Balaban J connectivity index is 0.989. The molecule has 0 N–H and O–H groups in total. The molecule has 0 radical (unpaired) electrons. The van der Waals surface area contributed by atoms with Crippen LogP contribution < -0.4 is 4.90 Å². The summed E-state index contributed by atoms with van der Waals surface area (Å²) >= 11 is 0. The van der Waals surface area contributed by atoms with Crippen LogP contribution in [0.5, 0.6) is 0 Å². The summed E-state index contributed by atoms with van der Waals surface area (Å²) in [6.45, 7) is 0. The molecular weight excluding hydrogens is 795 g/mol. The molecule has 0 amide bonds. The van der Waals surface area contributed by atoms with E-state index in [9.17, 15) is 0 Å². The molecule has 0 bridgehead atoms. The number of hydrogen-bond donors (Lipinski definition) is 0. The van der Waals surface area contributed by atoms with E-state index in [-0.39, 0.29) is 0 Å². The standard InChI is InChI=1S/C65H43N/c1-4-18-50-41(15-1)35-42-29-31-48(39-55(42)50)66(47-33-34-58-46(38-47)37-44-17-3-9-23-56(44)64(58)59-25-11-5-19-51(59)52-20-6-12-26-60(52)64)49-32-30-45-36-43-16-2-10-24-57(43)65(63(45)40-49)61-27-13-7-21-53(61)54-22-8-14-28-62(54)65/h1-34,38-40H,35-37H2. The van der Waals surface area contributed by atoms with Crippen LogP contribution in [0, 0.1) is 0 Å². The molecule has 5 aliphatic rings. The van der Waals surface area contributed by atoms with Crippen LogP contribution in [0.15, 0.2) is 224 Å². The van der Waals surface area contributed by atoms with Gasteiger partial charge in [-0.15, -0.1) is 0 Å². The average molecular weight is 838 g/mol. The summed E-state index contributed by atoms with van der Waals surface area (Å²) in [7, 11) is 0. The van der Waals surface area contributed by atoms with Gasteiger partial charge >= 0.3 is 0 Å². The van der Waals surface area contributed by atoms with Crippen LogP contribution in [-0.4, -0.2) is 0 Å². The minimum Gasteiger partial charge on any atom is -0.310 e. The van der Waals surface area contributed by atoms with Crippen LogP contribution in [0.4, 0.5) is 17.1 Å². The van der Waals surface area contributed by atoms with Crippen molar-refractivity contribution < 1.29 is 0 Å². The van der Waals surface area contributed by atoms with E-state index in [1.165, 1.54) is 128 Å². The van der Waals surface area contributed by atoms with Gasteiger partial charge in [-0.1, -0.05) is 188 Å². The Labute approximate surface area is 386 Å². The fourth-order valence-corrected chi connectivity index (χ4v) is 13.5. The predicted molar refractivity (Wildman–Crippen MR) is 270 cm³/mol. The predicted octanol–water partition coefficient (Wildman–Crippen LogP) is 15.3. The third kappa shape index (κ3) is 4.60. The van der Waals surface area contributed by atoms with Gasteiger partial charge in [-0.05, 0) is 167 Å². The Kier molecular flexibility index (Phi) is 7.32. The van der Waals surface area contributed by atoms with Crippen molar-refractivity contribution in [1.29, 1.82) is 0 Å². The van der Waals surface area contributed by atoms with Gasteiger partial charge in [-0.25, -0.2) is 0 Å². The number of nitrogens with zero attached hydrogens (tertiary/aromatic N) is 1. The van der Waals surface area contributed by atoms with Gasteiger partial charge in [0.05, 0.1) is 10.8 Å². The highest BCUT2D eigenvalue weighted by Crippen LogP contribution is 2.62. The number of rotatable bonds is 3. The highest BCUT2D eigenvalue weighted by molar-refractivity contribution is 5.92. The molecule has 1 nitrogen and oxygen atoms in total. The first-order chi connectivity index (χ1) is 32.7. The molecule has 15 rings (SSSR count). The van der Waals surface area contributed by atoms with Gasteiger partial charge in [0.15, 0.2) is 0 Å². The smallest absolute Gasteiger partial charge is 0.0719 e. The summed E-state index contributed by atoms with van der Waals surface area (Å²) in [5.41, 5.74) is 30.0. The number of anilines is 3. The lowest BCUT2D eigenvalue weighted by atomic mass is 9.61. The molecule has 0 unspecified atom stereocenters. The number of benzene rings is 10. The van der Waals surface area contributed by atoms with Crippen molar-refractivity contribution >= 4 is 17.1 Å². The molecule has 0 heterocycles. The second-order valence-electron chi connectivity index (χ2n) is 19.0. The van der Waals surface area contributed by atoms with Gasteiger partial charge < -0.3 is 4.90 Å². The van der Waals surface area contributed by atoms with E-state index in [0.29, 0.717) is 0 Å². The van der Waals surface area contributed by atoms with Crippen LogP contribution in [-0.2, 0) is 30.1 Å². The maximum Gasteiger partial charge on any atom is 0.0719 e. The summed E-state index contributed by atoms with van der Waals surface area (Å²) in [5, 5.41) is 0. The lowest BCUT2D eigenvalue weighted by Gasteiger charge is -2.41. The van der Waals surface area contributed by atoms with Crippen molar-refractivity contribution in [3.63, 3.8) is 0 Å². The molecule has 0 atom stereocenters. The van der Waals surface area contributed by atoms with Crippen molar-refractivity contribution in [3.8, 4) is 33.4 Å². The fraction of sp³-hybridized carbons (Fsp3) is 0.0769. The number of hydrogen-bond acceptors (Lipinski definition) is 1. The van der Waals surface area contributed by atoms with Gasteiger partial charge in [0.25, 0.3) is 0 Å². The van der Waals surface area contributed by atoms with Gasteiger partial charge in [-0.2, -0.15) is 0 Å². The van der Waals surface area contributed by atoms with Gasteiger partial charge in [0.2, 0.25) is 0 Å². The third-order valence-electron chi connectivity index (χ3n) is 16.1. The van der Waals surface area contributed by atoms with Crippen molar-refractivity contribution in [2.75, 3.05) is 4.90 Å². The van der Waals surface area contributed by atoms with E-state index in [4.69, 9.17) is 0 Å². The maximum absolute atomic E-state index is 2.56. The van der Waals surface area contributed by atoms with Crippen LogP contribution in [0.3, 0.4) is 0 Å². The first-order valence-corrected chi connectivity index (χ1v) is 23.5. The van der Waals surface area contributed by atoms with E-state index >= 15 is 0 Å². The topological polar surface area (TPSA) is 3.24 Å². The molecule has 0 saturated heterocycles. The zero-order chi connectivity index (χ0) is 43.1. The van der Waals surface area contributed by atoms with E-state index in [1.54, 1.807) is 0 Å². The molecule has 10 aromatic carbocycles. The first-order valence-electron chi connectivity index (χ1n) is 23.5. The van der Waals surface area contributed by atoms with Crippen LogP contribution in [0.1, 0.15) is 77.9 Å². The first kappa shape index (κ1) is 36.4. The molecule has 1 heteroatoms. The van der Waals surface area contributed by atoms with E-state index < -0.39 is 10.8 Å². The fourth-order valence-electron chi connectivity index (χ4n) is 13.5. The maximum atomic E-state index is 2.56.